The summed E-state index contributed by atoms with van der Waals surface area (Å²) in [6.07, 6.45) is 0.478. The van der Waals surface area contributed by atoms with E-state index in [1.54, 1.807) is 24.3 Å². The van der Waals surface area contributed by atoms with Crippen molar-refractivity contribution in [3.63, 3.8) is 0 Å². The highest BCUT2D eigenvalue weighted by Gasteiger charge is 2.09. The van der Waals surface area contributed by atoms with E-state index in [1.165, 1.54) is 10.6 Å². The van der Waals surface area contributed by atoms with E-state index in [0.717, 1.165) is 5.39 Å². The van der Waals surface area contributed by atoms with E-state index < -0.39 is 11.5 Å². The number of para-hydroxylation sites is 1. The van der Waals surface area contributed by atoms with Crippen LogP contribution in [0.15, 0.2) is 35.1 Å². The Bertz CT molecular complexity index is 658. The predicted octanol–water partition coefficient (Wildman–Crippen LogP) is 0.299. The van der Waals surface area contributed by atoms with Gasteiger partial charge >= 0.3 is 0 Å². The minimum atomic E-state index is -0.625. The molecule has 5 nitrogen and oxygen atoms in total. The lowest BCUT2D eigenvalue weighted by molar-refractivity contribution is -0.118. The number of amides is 1. The van der Waals surface area contributed by atoms with Crippen LogP contribution in [0.1, 0.15) is 10.4 Å². The Labute approximate surface area is 96.5 Å². The molecule has 1 heterocycles. The van der Waals surface area contributed by atoms with Crippen LogP contribution in [-0.4, -0.2) is 16.8 Å². The Morgan fingerprint density at radius 2 is 2.06 bits per heavy atom. The molecular formula is C12H10N2O3. The Morgan fingerprint density at radius 3 is 2.71 bits per heavy atom. The molecule has 0 aliphatic rings. The van der Waals surface area contributed by atoms with Gasteiger partial charge in [-0.2, -0.15) is 0 Å². The first-order valence-corrected chi connectivity index (χ1v) is 4.99. The van der Waals surface area contributed by atoms with Crippen LogP contribution in [-0.2, 0) is 11.3 Å². The van der Waals surface area contributed by atoms with Gasteiger partial charge in [0.1, 0.15) is 6.54 Å². The largest absolute Gasteiger partial charge is 0.368 e. The highest BCUT2D eigenvalue weighted by atomic mass is 16.2. The van der Waals surface area contributed by atoms with Crippen molar-refractivity contribution >= 4 is 23.1 Å². The van der Waals surface area contributed by atoms with Crippen LogP contribution >= 0.6 is 0 Å². The first kappa shape index (κ1) is 11.1. The van der Waals surface area contributed by atoms with Crippen molar-refractivity contribution in [3.8, 4) is 0 Å². The van der Waals surface area contributed by atoms with Crippen molar-refractivity contribution in [1.82, 2.24) is 4.57 Å². The molecule has 0 aliphatic heterocycles. The van der Waals surface area contributed by atoms with Gasteiger partial charge in [0.05, 0.1) is 11.1 Å². The van der Waals surface area contributed by atoms with Gasteiger partial charge in [0.15, 0.2) is 6.29 Å². The summed E-state index contributed by atoms with van der Waals surface area (Å²) in [4.78, 5) is 33.6. The average Bonchev–Trinajstić information content (AvgIpc) is 2.32. The van der Waals surface area contributed by atoms with Gasteiger partial charge < -0.3 is 5.73 Å². The third-order valence-electron chi connectivity index (χ3n) is 2.47. The maximum absolute atomic E-state index is 11.9. The minimum Gasteiger partial charge on any atom is -0.368 e. The van der Waals surface area contributed by atoms with Crippen molar-refractivity contribution in [2.45, 2.75) is 6.54 Å². The molecule has 0 aliphatic carbocycles. The number of hydrogen-bond acceptors (Lipinski definition) is 3. The smallest absolute Gasteiger partial charge is 0.262 e. The summed E-state index contributed by atoms with van der Waals surface area (Å²) in [6.45, 7) is -0.235. The number of nitrogens with zero attached hydrogens (tertiary/aromatic N) is 1. The van der Waals surface area contributed by atoms with Crippen molar-refractivity contribution in [2.75, 3.05) is 0 Å². The number of primary amides is 1. The first-order valence-electron chi connectivity index (χ1n) is 4.99. The molecule has 2 aromatic rings. The fourth-order valence-corrected chi connectivity index (χ4v) is 1.75. The maximum Gasteiger partial charge on any atom is 0.262 e. The normalized spacial score (nSPS) is 10.4. The van der Waals surface area contributed by atoms with Gasteiger partial charge in [0.2, 0.25) is 5.91 Å². The van der Waals surface area contributed by atoms with Crippen LogP contribution < -0.4 is 11.3 Å². The molecule has 0 spiro atoms. The third-order valence-corrected chi connectivity index (χ3v) is 2.47. The second kappa shape index (κ2) is 4.21. The molecule has 1 aromatic carbocycles. The molecule has 5 heteroatoms. The zero-order chi connectivity index (χ0) is 12.4. The van der Waals surface area contributed by atoms with Gasteiger partial charge in [-0.1, -0.05) is 18.2 Å². The van der Waals surface area contributed by atoms with Gasteiger partial charge in [-0.3, -0.25) is 19.0 Å². The number of carbonyl (C=O) groups excluding carboxylic acids is 2. The maximum atomic E-state index is 11.9. The number of benzene rings is 1. The Balaban J connectivity index is 2.84. The Morgan fingerprint density at radius 1 is 1.35 bits per heavy atom. The molecule has 2 rings (SSSR count). The number of hydrogen-bond donors (Lipinski definition) is 1. The highest BCUT2D eigenvalue weighted by molar-refractivity contribution is 5.87. The fourth-order valence-electron chi connectivity index (χ4n) is 1.75. The molecule has 0 saturated heterocycles. The molecule has 0 atom stereocenters. The van der Waals surface area contributed by atoms with E-state index in [4.69, 9.17) is 5.73 Å². The summed E-state index contributed by atoms with van der Waals surface area (Å²) in [7, 11) is 0. The van der Waals surface area contributed by atoms with Crippen LogP contribution in [0.4, 0.5) is 0 Å². The average molecular weight is 230 g/mol. The minimum absolute atomic E-state index is 0.0185. The number of nitrogens with two attached hydrogens (primary N) is 1. The number of aromatic nitrogens is 1. The number of rotatable bonds is 3. The van der Waals surface area contributed by atoms with Gasteiger partial charge in [0.25, 0.3) is 5.56 Å². The summed E-state index contributed by atoms with van der Waals surface area (Å²) in [5, 5.41) is 0.718. The fraction of sp³-hybridized carbons (Fsp3) is 0.0833. The monoisotopic (exact) mass is 230 g/mol. The third kappa shape index (κ3) is 1.94. The summed E-state index contributed by atoms with van der Waals surface area (Å²) in [5.74, 6) is -0.625. The molecule has 86 valence electrons. The highest BCUT2D eigenvalue weighted by Crippen LogP contribution is 2.12. The van der Waals surface area contributed by atoms with E-state index >= 15 is 0 Å². The second-order valence-electron chi connectivity index (χ2n) is 3.63. The van der Waals surface area contributed by atoms with E-state index in [2.05, 4.69) is 0 Å². The van der Waals surface area contributed by atoms with E-state index in [-0.39, 0.29) is 12.1 Å². The molecule has 2 N–H and O–H groups in total. The van der Waals surface area contributed by atoms with E-state index in [0.29, 0.717) is 11.8 Å². The topological polar surface area (TPSA) is 82.2 Å². The molecule has 1 aromatic heterocycles. The van der Waals surface area contributed by atoms with E-state index in [1.807, 2.05) is 0 Å². The number of fused-ring (bicyclic) bond motifs is 1. The number of carbonyl (C=O) groups is 2. The van der Waals surface area contributed by atoms with E-state index in [9.17, 15) is 14.4 Å². The lowest BCUT2D eigenvalue weighted by Gasteiger charge is -2.08. The van der Waals surface area contributed by atoms with Gasteiger partial charge in [-0.05, 0) is 17.5 Å². The summed E-state index contributed by atoms with van der Waals surface area (Å²) in [6, 6.07) is 8.51. The van der Waals surface area contributed by atoms with Crippen molar-refractivity contribution in [3.05, 3.63) is 46.2 Å². The SMILES string of the molecule is NC(=O)Cn1c(=O)c(C=O)cc2ccccc21. The standard InChI is InChI=1S/C12H10N2O3/c13-11(16)6-14-10-4-2-1-3-8(10)5-9(7-15)12(14)17/h1-5,7H,6H2,(H2,13,16). The number of pyridine rings is 1. The lowest BCUT2D eigenvalue weighted by atomic mass is 10.1. The molecule has 0 radical (unpaired) electrons. The quantitative estimate of drug-likeness (QED) is 0.770. The van der Waals surface area contributed by atoms with Crippen LogP contribution in [0.3, 0.4) is 0 Å². The molecule has 17 heavy (non-hydrogen) atoms. The summed E-state index contributed by atoms with van der Waals surface area (Å²) < 4.78 is 1.21. The number of aldehydes is 1. The van der Waals surface area contributed by atoms with Crippen LogP contribution in [0.5, 0.6) is 0 Å². The first-order chi connectivity index (χ1) is 8.13. The van der Waals surface area contributed by atoms with Crippen molar-refractivity contribution in [1.29, 1.82) is 0 Å². The predicted molar refractivity (Wildman–Crippen MR) is 62.8 cm³/mol. The zero-order valence-electron chi connectivity index (χ0n) is 8.92. The Kier molecular flexibility index (Phi) is 2.74. The second-order valence-corrected chi connectivity index (χ2v) is 3.63. The Hall–Kier alpha value is -2.43. The molecule has 0 unspecified atom stereocenters. The van der Waals surface area contributed by atoms with Crippen LogP contribution in [0.25, 0.3) is 10.9 Å². The lowest BCUT2D eigenvalue weighted by Crippen LogP contribution is -2.30. The molecular weight excluding hydrogens is 220 g/mol. The molecule has 0 fully saturated rings. The molecule has 0 saturated carbocycles. The van der Waals surface area contributed by atoms with Crippen molar-refractivity contribution in [2.24, 2.45) is 5.73 Å². The summed E-state index contributed by atoms with van der Waals surface area (Å²) in [5.41, 5.74) is 5.19. The summed E-state index contributed by atoms with van der Waals surface area (Å²) >= 11 is 0. The molecule has 1 amide bonds. The van der Waals surface area contributed by atoms with Gasteiger partial charge in [-0.25, -0.2) is 0 Å². The van der Waals surface area contributed by atoms with Crippen molar-refractivity contribution < 1.29 is 9.59 Å². The van der Waals surface area contributed by atoms with Crippen LogP contribution in [0, 0.1) is 0 Å². The molecule has 0 bridgehead atoms. The van der Waals surface area contributed by atoms with Gasteiger partial charge in [-0.15, -0.1) is 0 Å². The zero-order valence-corrected chi connectivity index (χ0v) is 8.92. The van der Waals surface area contributed by atoms with Gasteiger partial charge in [0, 0.05) is 0 Å². The van der Waals surface area contributed by atoms with Crippen LogP contribution in [0.2, 0.25) is 0 Å².